The average molecular weight is 290 g/mol. The van der Waals surface area contributed by atoms with Crippen molar-refractivity contribution in [1.82, 2.24) is 9.88 Å². The number of pyridine rings is 1. The number of amides is 1. The van der Waals surface area contributed by atoms with Gasteiger partial charge in [-0.3, -0.25) is 4.79 Å². The van der Waals surface area contributed by atoms with E-state index in [-0.39, 0.29) is 5.91 Å². The maximum Gasteiger partial charge on any atom is 0.241 e. The molecular formula is C15H22N4O2. The van der Waals surface area contributed by atoms with E-state index >= 15 is 0 Å². The first-order chi connectivity index (χ1) is 10.1. The quantitative estimate of drug-likeness (QED) is 0.899. The number of hydrogen-bond acceptors (Lipinski definition) is 5. The SMILES string of the molecule is CN1CCCN(c2ccc(N)c(OCC3CC3)n2)CC1=O. The number of ether oxygens (including phenoxy) is 1. The van der Waals surface area contributed by atoms with Gasteiger partial charge in [0.25, 0.3) is 0 Å². The van der Waals surface area contributed by atoms with Crippen LogP contribution in [-0.2, 0) is 4.79 Å². The van der Waals surface area contributed by atoms with Crippen LogP contribution < -0.4 is 15.4 Å². The summed E-state index contributed by atoms with van der Waals surface area (Å²) in [6, 6.07) is 3.67. The average Bonchev–Trinajstić information content (AvgIpc) is 3.29. The molecule has 1 saturated carbocycles. The third kappa shape index (κ3) is 3.37. The maximum absolute atomic E-state index is 12.0. The molecule has 0 aromatic carbocycles. The van der Waals surface area contributed by atoms with Gasteiger partial charge in [-0.2, -0.15) is 4.98 Å². The number of nitrogens with two attached hydrogens (primary N) is 1. The number of carbonyl (C=O) groups excluding carboxylic acids is 1. The fourth-order valence-electron chi connectivity index (χ4n) is 2.40. The lowest BCUT2D eigenvalue weighted by Crippen LogP contribution is -2.34. The molecular weight excluding hydrogens is 268 g/mol. The van der Waals surface area contributed by atoms with Crippen LogP contribution in [0.5, 0.6) is 5.88 Å². The highest BCUT2D eigenvalue weighted by atomic mass is 16.5. The number of likely N-dealkylation sites (N-methyl/N-ethyl adjacent to an activating group) is 1. The molecule has 2 fully saturated rings. The highest BCUT2D eigenvalue weighted by molar-refractivity contribution is 5.81. The Morgan fingerprint density at radius 2 is 2.19 bits per heavy atom. The van der Waals surface area contributed by atoms with E-state index in [0.29, 0.717) is 30.6 Å². The van der Waals surface area contributed by atoms with Gasteiger partial charge >= 0.3 is 0 Å². The zero-order valence-corrected chi connectivity index (χ0v) is 12.4. The van der Waals surface area contributed by atoms with Gasteiger partial charge in [0.1, 0.15) is 5.82 Å². The lowest BCUT2D eigenvalue weighted by atomic mass is 10.3. The third-order valence-corrected chi connectivity index (χ3v) is 4.03. The molecule has 2 N–H and O–H groups in total. The van der Waals surface area contributed by atoms with E-state index in [1.54, 1.807) is 4.90 Å². The van der Waals surface area contributed by atoms with E-state index in [4.69, 9.17) is 10.5 Å². The van der Waals surface area contributed by atoms with E-state index < -0.39 is 0 Å². The summed E-state index contributed by atoms with van der Waals surface area (Å²) < 4.78 is 5.71. The van der Waals surface area contributed by atoms with Crippen LogP contribution in [0.3, 0.4) is 0 Å². The standard InChI is InChI=1S/C15H22N4O2/c1-18-7-2-8-19(9-14(18)20)13-6-5-12(16)15(17-13)21-10-11-3-4-11/h5-6,11H,2-4,7-10,16H2,1H3. The zero-order valence-electron chi connectivity index (χ0n) is 12.4. The van der Waals surface area contributed by atoms with Gasteiger partial charge in [-0.05, 0) is 37.3 Å². The van der Waals surface area contributed by atoms with E-state index in [1.807, 2.05) is 24.1 Å². The highest BCUT2D eigenvalue weighted by Crippen LogP contribution is 2.31. The van der Waals surface area contributed by atoms with Crippen molar-refractivity contribution in [3.05, 3.63) is 12.1 Å². The van der Waals surface area contributed by atoms with Crippen LogP contribution in [0.25, 0.3) is 0 Å². The van der Waals surface area contributed by atoms with Crippen molar-refractivity contribution < 1.29 is 9.53 Å². The Labute approximate surface area is 124 Å². The van der Waals surface area contributed by atoms with Crippen molar-refractivity contribution in [1.29, 1.82) is 0 Å². The number of anilines is 2. The third-order valence-electron chi connectivity index (χ3n) is 4.03. The summed E-state index contributed by atoms with van der Waals surface area (Å²) in [6.45, 7) is 2.64. The molecule has 6 heteroatoms. The molecule has 114 valence electrons. The topological polar surface area (TPSA) is 71.7 Å². The van der Waals surface area contributed by atoms with Crippen molar-refractivity contribution in [3.63, 3.8) is 0 Å². The summed E-state index contributed by atoms with van der Waals surface area (Å²) in [6.07, 6.45) is 3.39. The number of carbonyl (C=O) groups is 1. The Bertz CT molecular complexity index is 530. The Morgan fingerprint density at radius 3 is 2.95 bits per heavy atom. The zero-order chi connectivity index (χ0) is 14.8. The van der Waals surface area contributed by atoms with Crippen LogP contribution in [-0.4, -0.2) is 49.1 Å². The molecule has 0 radical (unpaired) electrons. The van der Waals surface area contributed by atoms with E-state index in [9.17, 15) is 4.79 Å². The molecule has 1 aromatic rings. The van der Waals surface area contributed by atoms with Crippen LogP contribution in [0, 0.1) is 5.92 Å². The van der Waals surface area contributed by atoms with Crippen LogP contribution in [0.15, 0.2) is 12.1 Å². The second-order valence-corrected chi connectivity index (χ2v) is 5.91. The summed E-state index contributed by atoms with van der Waals surface area (Å²) in [5.74, 6) is 2.03. The second-order valence-electron chi connectivity index (χ2n) is 5.91. The van der Waals surface area contributed by atoms with Gasteiger partial charge in [0.2, 0.25) is 11.8 Å². The normalized spacial score (nSPS) is 19.6. The van der Waals surface area contributed by atoms with Gasteiger partial charge in [0.05, 0.1) is 18.8 Å². The Balaban J connectivity index is 1.74. The lowest BCUT2D eigenvalue weighted by Gasteiger charge is -2.21. The van der Waals surface area contributed by atoms with Gasteiger partial charge in [-0.15, -0.1) is 0 Å². The summed E-state index contributed by atoms with van der Waals surface area (Å²) in [7, 11) is 1.84. The molecule has 0 unspecified atom stereocenters. The molecule has 2 aliphatic rings. The predicted octanol–water partition coefficient (Wildman–Crippen LogP) is 1.12. The molecule has 0 bridgehead atoms. The van der Waals surface area contributed by atoms with Gasteiger partial charge in [-0.25, -0.2) is 0 Å². The number of aromatic nitrogens is 1. The number of nitrogen functional groups attached to an aromatic ring is 1. The fourth-order valence-corrected chi connectivity index (χ4v) is 2.40. The van der Waals surface area contributed by atoms with Crippen LogP contribution >= 0.6 is 0 Å². The largest absolute Gasteiger partial charge is 0.476 e. The Kier molecular flexibility index (Phi) is 3.86. The molecule has 2 heterocycles. The van der Waals surface area contributed by atoms with E-state index in [0.717, 1.165) is 25.3 Å². The van der Waals surface area contributed by atoms with Gasteiger partial charge in [0.15, 0.2) is 0 Å². The van der Waals surface area contributed by atoms with Crippen molar-refractivity contribution in [2.24, 2.45) is 5.92 Å². The minimum Gasteiger partial charge on any atom is -0.476 e. The van der Waals surface area contributed by atoms with Gasteiger partial charge in [-0.1, -0.05) is 0 Å². The number of rotatable bonds is 4. The lowest BCUT2D eigenvalue weighted by molar-refractivity contribution is -0.127. The highest BCUT2D eigenvalue weighted by Gasteiger charge is 2.24. The molecule has 1 aliphatic heterocycles. The minimum atomic E-state index is 0.117. The first-order valence-electron chi connectivity index (χ1n) is 7.51. The van der Waals surface area contributed by atoms with Crippen molar-refractivity contribution in [3.8, 4) is 5.88 Å². The molecule has 3 rings (SSSR count). The molecule has 1 saturated heterocycles. The summed E-state index contributed by atoms with van der Waals surface area (Å²) in [5, 5.41) is 0. The number of nitrogens with zero attached hydrogens (tertiary/aromatic N) is 3. The van der Waals surface area contributed by atoms with Crippen LogP contribution in [0.2, 0.25) is 0 Å². The maximum atomic E-state index is 12.0. The summed E-state index contributed by atoms with van der Waals surface area (Å²) in [5.41, 5.74) is 6.48. The van der Waals surface area contributed by atoms with E-state index in [1.165, 1.54) is 12.8 Å². The molecule has 1 aliphatic carbocycles. The van der Waals surface area contributed by atoms with Crippen molar-refractivity contribution in [2.75, 3.05) is 43.9 Å². The Hall–Kier alpha value is -1.98. The first-order valence-corrected chi connectivity index (χ1v) is 7.51. The van der Waals surface area contributed by atoms with Crippen LogP contribution in [0.4, 0.5) is 11.5 Å². The Morgan fingerprint density at radius 1 is 1.38 bits per heavy atom. The molecule has 1 aromatic heterocycles. The summed E-state index contributed by atoms with van der Waals surface area (Å²) >= 11 is 0. The van der Waals surface area contributed by atoms with Crippen molar-refractivity contribution in [2.45, 2.75) is 19.3 Å². The van der Waals surface area contributed by atoms with Crippen molar-refractivity contribution >= 4 is 17.4 Å². The smallest absolute Gasteiger partial charge is 0.241 e. The minimum absolute atomic E-state index is 0.117. The van der Waals surface area contributed by atoms with E-state index in [2.05, 4.69) is 4.98 Å². The molecule has 0 spiro atoms. The predicted molar refractivity (Wildman–Crippen MR) is 81.3 cm³/mol. The molecule has 21 heavy (non-hydrogen) atoms. The monoisotopic (exact) mass is 290 g/mol. The molecule has 6 nitrogen and oxygen atoms in total. The first kappa shape index (κ1) is 14.0. The summed E-state index contributed by atoms with van der Waals surface area (Å²) in [4.78, 5) is 20.2. The van der Waals surface area contributed by atoms with Gasteiger partial charge < -0.3 is 20.3 Å². The molecule has 0 atom stereocenters. The fraction of sp³-hybridized carbons (Fsp3) is 0.600. The second kappa shape index (κ2) is 5.79. The van der Waals surface area contributed by atoms with Gasteiger partial charge in [0, 0.05) is 20.1 Å². The molecule has 1 amide bonds. The van der Waals surface area contributed by atoms with Crippen LogP contribution in [0.1, 0.15) is 19.3 Å². The number of hydrogen-bond donors (Lipinski definition) is 1.